The summed E-state index contributed by atoms with van der Waals surface area (Å²) < 4.78 is 7.49. The van der Waals surface area contributed by atoms with Crippen LogP contribution in [0.2, 0.25) is 0 Å². The lowest BCUT2D eigenvalue weighted by molar-refractivity contribution is -0.145. The number of carboxylic acids is 1. The Hall–Kier alpha value is -3.19. The summed E-state index contributed by atoms with van der Waals surface area (Å²) in [4.78, 5) is 13.8. The Kier molecular flexibility index (Phi) is 4.83. The molecule has 0 aliphatic carbocycles. The SMILES string of the molecule is COc1cc(-c2ccccc2)ccc1CN1Cc2nnc(C)n2CC1C(=O)O. The number of carbonyl (C=O) groups is 1. The van der Waals surface area contributed by atoms with E-state index in [1.54, 1.807) is 7.11 Å². The molecule has 28 heavy (non-hydrogen) atoms. The number of aromatic nitrogens is 3. The number of hydrogen-bond donors (Lipinski definition) is 1. The van der Waals surface area contributed by atoms with Crippen molar-refractivity contribution in [3.8, 4) is 16.9 Å². The lowest BCUT2D eigenvalue weighted by Gasteiger charge is -2.33. The van der Waals surface area contributed by atoms with Crippen molar-refractivity contribution in [3.63, 3.8) is 0 Å². The molecule has 1 unspecified atom stereocenters. The van der Waals surface area contributed by atoms with Crippen LogP contribution in [0.25, 0.3) is 11.1 Å². The number of benzene rings is 2. The maximum atomic E-state index is 11.9. The molecule has 2 aromatic carbocycles. The van der Waals surface area contributed by atoms with Gasteiger partial charge in [-0.15, -0.1) is 10.2 Å². The molecule has 1 aromatic heterocycles. The van der Waals surface area contributed by atoms with E-state index in [0.29, 0.717) is 19.6 Å². The van der Waals surface area contributed by atoms with Gasteiger partial charge in [0, 0.05) is 12.1 Å². The minimum Gasteiger partial charge on any atom is -0.496 e. The second-order valence-electron chi connectivity index (χ2n) is 6.93. The smallest absolute Gasteiger partial charge is 0.322 e. The molecule has 4 rings (SSSR count). The van der Waals surface area contributed by atoms with Crippen LogP contribution >= 0.6 is 0 Å². The number of fused-ring (bicyclic) bond motifs is 1. The molecule has 7 nitrogen and oxygen atoms in total. The highest BCUT2D eigenvalue weighted by atomic mass is 16.5. The first-order valence-corrected chi connectivity index (χ1v) is 9.14. The Balaban J connectivity index is 1.63. The van der Waals surface area contributed by atoms with E-state index in [1.165, 1.54) is 0 Å². The van der Waals surface area contributed by atoms with Crippen LogP contribution in [0.15, 0.2) is 48.5 Å². The monoisotopic (exact) mass is 378 g/mol. The normalized spacial score (nSPS) is 16.6. The zero-order valence-corrected chi connectivity index (χ0v) is 15.9. The summed E-state index contributed by atoms with van der Waals surface area (Å²) >= 11 is 0. The molecule has 0 spiro atoms. The number of methoxy groups -OCH3 is 1. The van der Waals surface area contributed by atoms with Crippen molar-refractivity contribution in [2.45, 2.75) is 32.6 Å². The van der Waals surface area contributed by atoms with Gasteiger partial charge in [-0.3, -0.25) is 9.69 Å². The predicted molar refractivity (Wildman–Crippen MR) is 104 cm³/mol. The number of ether oxygens (including phenoxy) is 1. The van der Waals surface area contributed by atoms with E-state index in [-0.39, 0.29) is 0 Å². The van der Waals surface area contributed by atoms with Crippen LogP contribution in [0.3, 0.4) is 0 Å². The Labute approximate surface area is 163 Å². The second-order valence-corrected chi connectivity index (χ2v) is 6.93. The van der Waals surface area contributed by atoms with E-state index in [0.717, 1.165) is 34.1 Å². The second kappa shape index (κ2) is 7.44. The van der Waals surface area contributed by atoms with Gasteiger partial charge in [-0.1, -0.05) is 42.5 Å². The fraction of sp³-hybridized carbons (Fsp3) is 0.286. The number of carboxylic acid groups (broad SMARTS) is 1. The molecule has 144 valence electrons. The third-order valence-electron chi connectivity index (χ3n) is 5.21. The highest BCUT2D eigenvalue weighted by Gasteiger charge is 2.33. The average molecular weight is 378 g/mol. The van der Waals surface area contributed by atoms with Crippen molar-refractivity contribution in [2.24, 2.45) is 0 Å². The largest absolute Gasteiger partial charge is 0.496 e. The third kappa shape index (κ3) is 3.36. The molecule has 1 aliphatic heterocycles. The molecule has 2 heterocycles. The van der Waals surface area contributed by atoms with Gasteiger partial charge in [-0.2, -0.15) is 0 Å². The van der Waals surface area contributed by atoms with Crippen LogP contribution in [-0.4, -0.2) is 43.9 Å². The lowest BCUT2D eigenvalue weighted by Crippen LogP contribution is -2.47. The number of rotatable bonds is 5. The lowest BCUT2D eigenvalue weighted by atomic mass is 10.0. The van der Waals surface area contributed by atoms with Gasteiger partial charge in [0.15, 0.2) is 0 Å². The Morgan fingerprint density at radius 1 is 1.18 bits per heavy atom. The minimum atomic E-state index is -0.848. The highest BCUT2D eigenvalue weighted by Crippen LogP contribution is 2.30. The van der Waals surface area contributed by atoms with Crippen molar-refractivity contribution < 1.29 is 14.6 Å². The van der Waals surface area contributed by atoms with Gasteiger partial charge in [-0.25, -0.2) is 0 Å². The van der Waals surface area contributed by atoms with Crippen LogP contribution in [0.1, 0.15) is 17.2 Å². The summed E-state index contributed by atoms with van der Waals surface area (Å²) in [5, 5.41) is 18.0. The van der Waals surface area contributed by atoms with Crippen LogP contribution in [-0.2, 0) is 24.4 Å². The molecule has 7 heteroatoms. The number of nitrogens with zero attached hydrogens (tertiary/aromatic N) is 4. The van der Waals surface area contributed by atoms with Crippen molar-refractivity contribution >= 4 is 5.97 Å². The summed E-state index contributed by atoms with van der Waals surface area (Å²) in [6.07, 6.45) is 0. The first-order chi connectivity index (χ1) is 13.6. The summed E-state index contributed by atoms with van der Waals surface area (Å²) in [7, 11) is 1.64. The van der Waals surface area contributed by atoms with E-state index in [9.17, 15) is 9.90 Å². The molecule has 0 saturated carbocycles. The average Bonchev–Trinajstić information content (AvgIpc) is 3.08. The van der Waals surface area contributed by atoms with Gasteiger partial charge in [-0.05, 0) is 24.1 Å². The molecule has 0 radical (unpaired) electrons. The first kappa shape index (κ1) is 18.2. The summed E-state index contributed by atoms with van der Waals surface area (Å²) in [6.45, 7) is 3.08. The fourth-order valence-electron chi connectivity index (χ4n) is 3.66. The van der Waals surface area contributed by atoms with Crippen molar-refractivity contribution in [2.75, 3.05) is 7.11 Å². The molecule has 1 N–H and O–H groups in total. The molecular weight excluding hydrogens is 356 g/mol. The molecule has 0 bridgehead atoms. The Bertz CT molecular complexity index is 1000. The van der Waals surface area contributed by atoms with Crippen LogP contribution in [0, 0.1) is 6.92 Å². The minimum absolute atomic E-state index is 0.341. The molecule has 0 amide bonds. The van der Waals surface area contributed by atoms with E-state index >= 15 is 0 Å². The van der Waals surface area contributed by atoms with Gasteiger partial charge >= 0.3 is 5.97 Å². The van der Waals surface area contributed by atoms with E-state index in [1.807, 2.05) is 52.8 Å². The van der Waals surface area contributed by atoms with Gasteiger partial charge in [0.05, 0.1) is 20.2 Å². The molecule has 0 fully saturated rings. The molecule has 3 aromatic rings. The van der Waals surface area contributed by atoms with Crippen molar-refractivity contribution in [1.82, 2.24) is 19.7 Å². The van der Waals surface area contributed by atoms with E-state index in [2.05, 4.69) is 22.3 Å². The molecule has 1 aliphatic rings. The van der Waals surface area contributed by atoms with Gasteiger partial charge < -0.3 is 14.4 Å². The predicted octanol–water partition coefficient (Wildman–Crippen LogP) is 2.73. The standard InChI is InChI=1S/C21H22N4O3/c1-14-22-23-20-13-24(18(21(26)27)12-25(14)20)11-17-9-8-16(10-19(17)28-2)15-6-4-3-5-7-15/h3-10,18H,11-13H2,1-2H3,(H,26,27). The maximum absolute atomic E-state index is 11.9. The highest BCUT2D eigenvalue weighted by molar-refractivity contribution is 5.73. The van der Waals surface area contributed by atoms with Gasteiger partial charge in [0.2, 0.25) is 0 Å². The number of hydrogen-bond acceptors (Lipinski definition) is 5. The fourth-order valence-corrected chi connectivity index (χ4v) is 3.66. The third-order valence-corrected chi connectivity index (χ3v) is 5.21. The van der Waals surface area contributed by atoms with E-state index in [4.69, 9.17) is 4.74 Å². The Morgan fingerprint density at radius 2 is 1.96 bits per heavy atom. The van der Waals surface area contributed by atoms with Crippen LogP contribution in [0.4, 0.5) is 0 Å². The zero-order valence-electron chi connectivity index (χ0n) is 15.9. The first-order valence-electron chi connectivity index (χ1n) is 9.14. The molecule has 1 atom stereocenters. The van der Waals surface area contributed by atoms with Crippen molar-refractivity contribution in [3.05, 3.63) is 65.7 Å². The molecular formula is C21H22N4O3. The van der Waals surface area contributed by atoms with Crippen LogP contribution in [0.5, 0.6) is 5.75 Å². The summed E-state index contributed by atoms with van der Waals surface area (Å²) in [6, 6.07) is 15.5. The number of aliphatic carboxylic acids is 1. The van der Waals surface area contributed by atoms with Gasteiger partial charge in [0.1, 0.15) is 23.4 Å². The summed E-state index contributed by atoms with van der Waals surface area (Å²) in [5.74, 6) is 1.42. The maximum Gasteiger partial charge on any atom is 0.322 e. The zero-order chi connectivity index (χ0) is 19.7. The molecule has 0 saturated heterocycles. The quantitative estimate of drug-likeness (QED) is 0.735. The Morgan fingerprint density at radius 3 is 2.68 bits per heavy atom. The summed E-state index contributed by atoms with van der Waals surface area (Å²) in [5.41, 5.74) is 3.11. The van der Waals surface area contributed by atoms with E-state index < -0.39 is 12.0 Å². The topological polar surface area (TPSA) is 80.5 Å². The van der Waals surface area contributed by atoms with Crippen LogP contribution < -0.4 is 4.74 Å². The van der Waals surface area contributed by atoms with Crippen molar-refractivity contribution in [1.29, 1.82) is 0 Å². The number of aryl methyl sites for hydroxylation is 1. The van der Waals surface area contributed by atoms with Gasteiger partial charge in [0.25, 0.3) is 0 Å².